The third kappa shape index (κ3) is 5.48. The zero-order chi connectivity index (χ0) is 21.9. The zero-order valence-corrected chi connectivity index (χ0v) is 18.4. The lowest BCUT2D eigenvalue weighted by molar-refractivity contribution is -0.116. The van der Waals surface area contributed by atoms with Crippen LogP contribution in [0.1, 0.15) is 28.4 Å². The van der Waals surface area contributed by atoms with Crippen molar-refractivity contribution in [2.45, 2.75) is 26.8 Å². The van der Waals surface area contributed by atoms with Gasteiger partial charge >= 0.3 is 5.97 Å². The van der Waals surface area contributed by atoms with E-state index in [1.807, 2.05) is 19.9 Å². The fourth-order valence-electron chi connectivity index (χ4n) is 2.99. The van der Waals surface area contributed by atoms with E-state index >= 15 is 0 Å². The van der Waals surface area contributed by atoms with Crippen molar-refractivity contribution in [1.82, 2.24) is 0 Å². The molecule has 0 unspecified atom stereocenters. The summed E-state index contributed by atoms with van der Waals surface area (Å²) in [6, 6.07) is 8.53. The van der Waals surface area contributed by atoms with Gasteiger partial charge in [0.25, 0.3) is 0 Å². The summed E-state index contributed by atoms with van der Waals surface area (Å²) < 4.78 is 30.6. The van der Waals surface area contributed by atoms with Crippen molar-refractivity contribution in [3.8, 4) is 0 Å². The lowest BCUT2D eigenvalue weighted by atomic mass is 10.1. The predicted molar refractivity (Wildman–Crippen MR) is 114 cm³/mol. The monoisotopic (exact) mass is 438 g/mol. The molecular weight excluding hydrogens is 416 g/mol. The van der Waals surface area contributed by atoms with Gasteiger partial charge in [-0.25, -0.2) is 13.2 Å². The maximum atomic E-state index is 12.9. The number of methoxy groups -OCH3 is 1. The van der Waals surface area contributed by atoms with E-state index in [-0.39, 0.29) is 16.3 Å². The van der Waals surface area contributed by atoms with Gasteiger partial charge in [0.2, 0.25) is 15.9 Å². The Balaban J connectivity index is 2.39. The van der Waals surface area contributed by atoms with Gasteiger partial charge in [0.1, 0.15) is 6.04 Å². The number of halogens is 1. The molecule has 9 heteroatoms. The highest BCUT2D eigenvalue weighted by Gasteiger charge is 2.30. The van der Waals surface area contributed by atoms with Gasteiger partial charge in [0.15, 0.2) is 0 Å². The van der Waals surface area contributed by atoms with Crippen molar-refractivity contribution in [2.24, 2.45) is 0 Å². The van der Waals surface area contributed by atoms with Crippen LogP contribution in [0.3, 0.4) is 0 Å². The smallest absolute Gasteiger partial charge is 0.337 e. The van der Waals surface area contributed by atoms with Crippen LogP contribution in [0.15, 0.2) is 36.4 Å². The Morgan fingerprint density at radius 1 is 1.10 bits per heavy atom. The molecule has 0 aliphatic heterocycles. The number of ether oxygens (including phenoxy) is 1. The number of sulfonamides is 1. The van der Waals surface area contributed by atoms with E-state index < -0.39 is 27.9 Å². The van der Waals surface area contributed by atoms with Crippen LogP contribution < -0.4 is 9.62 Å². The minimum Gasteiger partial charge on any atom is -0.465 e. The van der Waals surface area contributed by atoms with Crippen LogP contribution >= 0.6 is 11.6 Å². The van der Waals surface area contributed by atoms with Gasteiger partial charge in [0.05, 0.1) is 35.3 Å². The van der Waals surface area contributed by atoms with Crippen LogP contribution in [0.4, 0.5) is 11.4 Å². The van der Waals surface area contributed by atoms with E-state index in [2.05, 4.69) is 10.1 Å². The van der Waals surface area contributed by atoms with Gasteiger partial charge < -0.3 is 10.1 Å². The van der Waals surface area contributed by atoms with Crippen LogP contribution in [0.2, 0.25) is 5.02 Å². The molecule has 7 nitrogen and oxygen atoms in total. The molecule has 1 atom stereocenters. The average molecular weight is 439 g/mol. The maximum absolute atomic E-state index is 12.9. The van der Waals surface area contributed by atoms with Gasteiger partial charge in [-0.2, -0.15) is 0 Å². The number of anilines is 2. The van der Waals surface area contributed by atoms with Gasteiger partial charge in [-0.15, -0.1) is 0 Å². The first-order valence-corrected chi connectivity index (χ1v) is 10.9. The standard InChI is InChI=1S/C20H23ClN2O5S/c1-12-8-13(2)10-16(9-12)23(29(5,26)27)14(3)19(24)22-18-11-15(20(25)28-4)6-7-17(18)21/h6-11,14H,1-5H3,(H,22,24)/t14-/m1/s1. The van der Waals surface area contributed by atoms with Gasteiger partial charge in [-0.05, 0) is 62.2 Å². The highest BCUT2D eigenvalue weighted by molar-refractivity contribution is 7.92. The third-order valence-corrected chi connectivity index (χ3v) is 5.77. The molecule has 0 spiro atoms. The Morgan fingerprint density at radius 3 is 2.21 bits per heavy atom. The van der Waals surface area contributed by atoms with E-state index in [0.29, 0.717) is 5.69 Å². The molecule has 0 saturated heterocycles. The Labute approximate surface area is 175 Å². The third-order valence-electron chi connectivity index (χ3n) is 4.19. The van der Waals surface area contributed by atoms with Gasteiger partial charge in [0, 0.05) is 0 Å². The first kappa shape index (κ1) is 22.7. The van der Waals surface area contributed by atoms with E-state index in [1.165, 1.54) is 32.2 Å². The number of aryl methyl sites for hydroxylation is 2. The number of amides is 1. The molecule has 0 aromatic heterocycles. The molecule has 2 aromatic rings. The normalized spacial score (nSPS) is 12.2. The lowest BCUT2D eigenvalue weighted by Gasteiger charge is -2.29. The Bertz CT molecular complexity index is 1030. The molecule has 0 radical (unpaired) electrons. The maximum Gasteiger partial charge on any atom is 0.337 e. The molecule has 2 rings (SSSR count). The second kappa shape index (κ2) is 8.84. The molecule has 0 fully saturated rings. The predicted octanol–water partition coefficient (Wildman–Crippen LogP) is 3.54. The molecule has 156 valence electrons. The summed E-state index contributed by atoms with van der Waals surface area (Å²) in [5.41, 5.74) is 2.52. The van der Waals surface area contributed by atoms with Crippen molar-refractivity contribution < 1.29 is 22.7 Å². The quantitative estimate of drug-likeness (QED) is 0.696. The van der Waals surface area contributed by atoms with E-state index in [4.69, 9.17) is 11.6 Å². The molecule has 1 N–H and O–H groups in total. The summed E-state index contributed by atoms with van der Waals surface area (Å²) in [4.78, 5) is 24.6. The zero-order valence-electron chi connectivity index (χ0n) is 16.8. The number of nitrogens with one attached hydrogen (secondary N) is 1. The first-order chi connectivity index (χ1) is 13.4. The van der Waals surface area contributed by atoms with Crippen molar-refractivity contribution in [1.29, 1.82) is 0 Å². The minimum absolute atomic E-state index is 0.181. The van der Waals surface area contributed by atoms with Crippen molar-refractivity contribution in [3.63, 3.8) is 0 Å². The van der Waals surface area contributed by atoms with Crippen molar-refractivity contribution in [3.05, 3.63) is 58.1 Å². The Morgan fingerprint density at radius 2 is 1.69 bits per heavy atom. The van der Waals surface area contributed by atoms with E-state index in [1.54, 1.807) is 12.1 Å². The van der Waals surface area contributed by atoms with E-state index in [0.717, 1.165) is 21.7 Å². The Kier molecular flexibility index (Phi) is 6.92. The summed E-state index contributed by atoms with van der Waals surface area (Å²) in [7, 11) is -2.52. The van der Waals surface area contributed by atoms with Crippen LogP contribution in [0.25, 0.3) is 0 Å². The minimum atomic E-state index is -3.76. The average Bonchev–Trinajstić information content (AvgIpc) is 2.60. The Hall–Kier alpha value is -2.58. The number of hydrogen-bond acceptors (Lipinski definition) is 5. The molecule has 2 aromatic carbocycles. The van der Waals surface area contributed by atoms with Crippen LogP contribution in [-0.4, -0.2) is 39.7 Å². The number of carbonyl (C=O) groups is 2. The highest BCUT2D eigenvalue weighted by Crippen LogP contribution is 2.27. The van der Waals surface area contributed by atoms with Crippen molar-refractivity contribution >= 4 is 44.9 Å². The number of esters is 1. The number of carbonyl (C=O) groups excluding carboxylic acids is 2. The topological polar surface area (TPSA) is 92.8 Å². The fraction of sp³-hybridized carbons (Fsp3) is 0.300. The number of nitrogens with zero attached hydrogens (tertiary/aromatic N) is 1. The second-order valence-electron chi connectivity index (χ2n) is 6.76. The molecule has 29 heavy (non-hydrogen) atoms. The van der Waals surface area contributed by atoms with E-state index in [9.17, 15) is 18.0 Å². The summed E-state index contributed by atoms with van der Waals surface area (Å²) in [5, 5.41) is 2.80. The van der Waals surface area contributed by atoms with Crippen LogP contribution in [0.5, 0.6) is 0 Å². The number of benzene rings is 2. The summed E-state index contributed by atoms with van der Waals surface area (Å²) >= 11 is 6.12. The van der Waals surface area contributed by atoms with Crippen LogP contribution in [0, 0.1) is 13.8 Å². The second-order valence-corrected chi connectivity index (χ2v) is 9.02. The van der Waals surface area contributed by atoms with Crippen LogP contribution in [-0.2, 0) is 19.6 Å². The molecule has 1 amide bonds. The number of rotatable bonds is 6. The molecule has 0 aliphatic rings. The molecule has 0 aliphatic carbocycles. The summed E-state index contributed by atoms with van der Waals surface area (Å²) in [6.07, 6.45) is 1.04. The molecule has 0 saturated carbocycles. The largest absolute Gasteiger partial charge is 0.465 e. The molecular formula is C20H23ClN2O5S. The summed E-state index contributed by atoms with van der Waals surface area (Å²) in [5.74, 6) is -1.18. The first-order valence-electron chi connectivity index (χ1n) is 8.70. The van der Waals surface area contributed by atoms with Gasteiger partial charge in [-0.3, -0.25) is 9.10 Å². The SMILES string of the molecule is COC(=O)c1ccc(Cl)c(NC(=O)[C@@H](C)N(c2cc(C)cc(C)c2)S(C)(=O)=O)c1. The van der Waals surface area contributed by atoms with Gasteiger partial charge in [-0.1, -0.05) is 17.7 Å². The summed E-state index contributed by atoms with van der Waals surface area (Å²) in [6.45, 7) is 5.17. The van der Waals surface area contributed by atoms with Crippen molar-refractivity contribution in [2.75, 3.05) is 23.0 Å². The highest BCUT2D eigenvalue weighted by atomic mass is 35.5. The molecule has 0 bridgehead atoms. The fourth-order valence-corrected chi connectivity index (χ4v) is 4.31. The molecule has 0 heterocycles. The number of hydrogen-bond donors (Lipinski definition) is 1. The lowest BCUT2D eigenvalue weighted by Crippen LogP contribution is -2.45.